The Kier molecular flexibility index (Phi) is 3.13. The SMILES string of the molecule is CC(C)=C1Oc2c(ccc3c2C(c2ccsc2)CC(=O)O3)C1=O. The standard InChI is InChI=1S/C18H14O4S/c1-9(2)17-16(20)11-3-4-13-15(18(11)22-17)12(7-14(19)21-13)10-5-6-23-8-10/h3-6,8,12H,7H2,1-2H3. The van der Waals surface area contributed by atoms with Crippen LogP contribution in [0.5, 0.6) is 11.5 Å². The maximum atomic E-state index is 12.5. The molecule has 5 heteroatoms. The molecule has 0 saturated heterocycles. The topological polar surface area (TPSA) is 52.6 Å². The molecule has 3 heterocycles. The van der Waals surface area contributed by atoms with Crippen LogP contribution in [0.3, 0.4) is 0 Å². The molecular formula is C18H14O4S. The number of carbonyl (C=O) groups is 2. The minimum Gasteiger partial charge on any atom is -0.452 e. The molecule has 0 aliphatic carbocycles. The van der Waals surface area contributed by atoms with Gasteiger partial charge in [0.15, 0.2) is 5.76 Å². The lowest BCUT2D eigenvalue weighted by Crippen LogP contribution is -2.21. The first-order valence-corrected chi connectivity index (χ1v) is 8.30. The van der Waals surface area contributed by atoms with E-state index in [9.17, 15) is 9.59 Å². The van der Waals surface area contributed by atoms with E-state index in [4.69, 9.17) is 9.47 Å². The van der Waals surface area contributed by atoms with Crippen molar-refractivity contribution in [3.8, 4) is 11.5 Å². The lowest BCUT2D eigenvalue weighted by atomic mass is 9.86. The van der Waals surface area contributed by atoms with E-state index in [0.717, 1.165) is 16.7 Å². The quantitative estimate of drug-likeness (QED) is 0.450. The first kappa shape index (κ1) is 14.2. The number of esters is 1. The summed E-state index contributed by atoms with van der Waals surface area (Å²) >= 11 is 1.58. The molecule has 0 spiro atoms. The van der Waals surface area contributed by atoms with Crippen LogP contribution >= 0.6 is 11.3 Å². The van der Waals surface area contributed by atoms with Gasteiger partial charge >= 0.3 is 5.97 Å². The third-order valence-electron chi connectivity index (χ3n) is 4.15. The van der Waals surface area contributed by atoms with Crippen molar-refractivity contribution in [2.75, 3.05) is 0 Å². The smallest absolute Gasteiger partial charge is 0.312 e. The van der Waals surface area contributed by atoms with Crippen molar-refractivity contribution < 1.29 is 19.1 Å². The zero-order valence-electron chi connectivity index (χ0n) is 12.7. The molecule has 1 atom stereocenters. The van der Waals surface area contributed by atoms with Gasteiger partial charge < -0.3 is 9.47 Å². The van der Waals surface area contributed by atoms with E-state index in [1.54, 1.807) is 23.5 Å². The van der Waals surface area contributed by atoms with Crippen molar-refractivity contribution in [3.63, 3.8) is 0 Å². The molecule has 2 aromatic rings. The van der Waals surface area contributed by atoms with Crippen LogP contribution in [0.2, 0.25) is 0 Å². The van der Waals surface area contributed by atoms with Crippen LogP contribution in [0.15, 0.2) is 40.3 Å². The first-order chi connectivity index (χ1) is 11.1. The van der Waals surface area contributed by atoms with Crippen LogP contribution in [0.4, 0.5) is 0 Å². The molecule has 1 aromatic heterocycles. The number of hydrogen-bond acceptors (Lipinski definition) is 5. The molecule has 0 fully saturated rings. The number of hydrogen-bond donors (Lipinski definition) is 0. The molecule has 1 unspecified atom stereocenters. The van der Waals surface area contributed by atoms with Crippen LogP contribution in [-0.4, -0.2) is 11.8 Å². The molecule has 0 amide bonds. The third kappa shape index (κ3) is 2.11. The molecule has 23 heavy (non-hydrogen) atoms. The Bertz CT molecular complexity index is 857. The number of allylic oxidation sites excluding steroid dienone is 2. The second kappa shape index (κ2) is 5.06. The van der Waals surface area contributed by atoms with E-state index in [0.29, 0.717) is 22.8 Å². The molecule has 0 saturated carbocycles. The molecule has 116 valence electrons. The number of fused-ring (bicyclic) bond motifs is 3. The summed E-state index contributed by atoms with van der Waals surface area (Å²) in [5.74, 6) is 0.877. The van der Waals surface area contributed by atoms with Gasteiger partial charge in [-0.1, -0.05) is 0 Å². The summed E-state index contributed by atoms with van der Waals surface area (Å²) in [5.41, 5.74) is 3.21. The van der Waals surface area contributed by atoms with E-state index >= 15 is 0 Å². The fraction of sp³-hybridized carbons (Fsp3) is 0.222. The molecule has 4 rings (SSSR count). The van der Waals surface area contributed by atoms with Crippen LogP contribution in [0.1, 0.15) is 47.7 Å². The zero-order valence-corrected chi connectivity index (χ0v) is 13.5. The Hall–Kier alpha value is -2.40. The van der Waals surface area contributed by atoms with Crippen molar-refractivity contribution >= 4 is 23.1 Å². The number of ketones is 1. The Morgan fingerprint density at radius 2 is 2.00 bits per heavy atom. The van der Waals surface area contributed by atoms with Gasteiger partial charge in [-0.15, -0.1) is 0 Å². The number of ether oxygens (including phenoxy) is 2. The average molecular weight is 326 g/mol. The van der Waals surface area contributed by atoms with Crippen molar-refractivity contribution in [2.45, 2.75) is 26.2 Å². The maximum Gasteiger partial charge on any atom is 0.312 e. The first-order valence-electron chi connectivity index (χ1n) is 7.36. The normalized spacial score (nSPS) is 19.0. The van der Waals surface area contributed by atoms with Gasteiger partial charge in [-0.25, -0.2) is 0 Å². The van der Waals surface area contributed by atoms with E-state index in [-0.39, 0.29) is 24.1 Å². The molecular weight excluding hydrogens is 312 g/mol. The number of benzene rings is 1. The van der Waals surface area contributed by atoms with E-state index in [1.165, 1.54) is 0 Å². The average Bonchev–Trinajstić information content (AvgIpc) is 3.14. The summed E-state index contributed by atoms with van der Waals surface area (Å²) < 4.78 is 11.3. The third-order valence-corrected chi connectivity index (χ3v) is 4.86. The van der Waals surface area contributed by atoms with Gasteiger partial charge in [-0.3, -0.25) is 9.59 Å². The van der Waals surface area contributed by atoms with Crippen LogP contribution in [0.25, 0.3) is 0 Å². The molecule has 0 radical (unpaired) electrons. The van der Waals surface area contributed by atoms with Crippen LogP contribution in [-0.2, 0) is 4.79 Å². The molecule has 0 bridgehead atoms. The van der Waals surface area contributed by atoms with Crippen molar-refractivity contribution in [1.82, 2.24) is 0 Å². The predicted molar refractivity (Wildman–Crippen MR) is 86.2 cm³/mol. The van der Waals surface area contributed by atoms with E-state index in [2.05, 4.69) is 0 Å². The monoisotopic (exact) mass is 326 g/mol. The number of thiophene rings is 1. The summed E-state index contributed by atoms with van der Waals surface area (Å²) in [4.78, 5) is 24.4. The van der Waals surface area contributed by atoms with Gasteiger partial charge in [0.1, 0.15) is 11.5 Å². The number of rotatable bonds is 1. The lowest BCUT2D eigenvalue weighted by molar-refractivity contribution is -0.135. The van der Waals surface area contributed by atoms with Crippen molar-refractivity contribution in [2.24, 2.45) is 0 Å². The van der Waals surface area contributed by atoms with E-state index < -0.39 is 0 Å². The summed E-state index contributed by atoms with van der Waals surface area (Å²) in [6.45, 7) is 3.70. The molecule has 0 N–H and O–H groups in total. The molecule has 4 nitrogen and oxygen atoms in total. The second-order valence-electron chi connectivity index (χ2n) is 5.90. The van der Waals surface area contributed by atoms with Gasteiger partial charge in [-0.2, -0.15) is 11.3 Å². The largest absolute Gasteiger partial charge is 0.452 e. The Balaban J connectivity index is 1.94. The second-order valence-corrected chi connectivity index (χ2v) is 6.68. The van der Waals surface area contributed by atoms with Crippen molar-refractivity contribution in [1.29, 1.82) is 0 Å². The zero-order chi connectivity index (χ0) is 16.1. The fourth-order valence-electron chi connectivity index (χ4n) is 3.08. The lowest BCUT2D eigenvalue weighted by Gasteiger charge is -2.25. The molecule has 1 aromatic carbocycles. The van der Waals surface area contributed by atoms with Gasteiger partial charge in [0.25, 0.3) is 0 Å². The highest BCUT2D eigenvalue weighted by Crippen LogP contribution is 2.49. The summed E-state index contributed by atoms with van der Waals surface area (Å²) in [5, 5.41) is 4.00. The minimum absolute atomic E-state index is 0.108. The van der Waals surface area contributed by atoms with Gasteiger partial charge in [-0.05, 0) is 53.9 Å². The minimum atomic E-state index is -0.264. The molecule has 2 aliphatic rings. The number of carbonyl (C=O) groups excluding carboxylic acids is 2. The number of Topliss-reactive ketones (excluding diaryl/α,β-unsaturated/α-hetero) is 1. The van der Waals surface area contributed by atoms with Gasteiger partial charge in [0.05, 0.1) is 12.0 Å². The van der Waals surface area contributed by atoms with Crippen LogP contribution in [0, 0.1) is 0 Å². The highest BCUT2D eigenvalue weighted by molar-refractivity contribution is 7.08. The highest BCUT2D eigenvalue weighted by atomic mass is 32.1. The van der Waals surface area contributed by atoms with Crippen LogP contribution < -0.4 is 9.47 Å². The van der Waals surface area contributed by atoms with Gasteiger partial charge in [0, 0.05) is 11.5 Å². The highest BCUT2D eigenvalue weighted by Gasteiger charge is 2.38. The van der Waals surface area contributed by atoms with Crippen molar-refractivity contribution in [3.05, 3.63) is 57.0 Å². The fourth-order valence-corrected chi connectivity index (χ4v) is 3.79. The summed E-state index contributed by atoms with van der Waals surface area (Å²) in [7, 11) is 0. The van der Waals surface area contributed by atoms with E-state index in [1.807, 2.05) is 30.7 Å². The summed E-state index contributed by atoms with van der Waals surface area (Å²) in [6.07, 6.45) is 0.252. The Morgan fingerprint density at radius 1 is 1.17 bits per heavy atom. The summed E-state index contributed by atoms with van der Waals surface area (Å²) in [6, 6.07) is 5.37. The van der Waals surface area contributed by atoms with Gasteiger partial charge in [0.2, 0.25) is 5.78 Å². The Morgan fingerprint density at radius 3 is 2.70 bits per heavy atom. The molecule has 2 aliphatic heterocycles. The predicted octanol–water partition coefficient (Wildman–Crippen LogP) is 4.06. The Labute approximate surface area is 137 Å². The maximum absolute atomic E-state index is 12.5.